The molecule has 4 aromatic heterocycles. The van der Waals surface area contributed by atoms with Gasteiger partial charge in [-0.15, -0.1) is 0 Å². The molecule has 0 radical (unpaired) electrons. The van der Waals surface area contributed by atoms with Gasteiger partial charge in [-0.3, -0.25) is 4.98 Å². The van der Waals surface area contributed by atoms with E-state index in [-0.39, 0.29) is 0 Å². The molecular weight excluding hydrogens is 613 g/mol. The van der Waals surface area contributed by atoms with E-state index in [2.05, 4.69) is 105 Å². The highest BCUT2D eigenvalue weighted by atomic mass is 15.0. The third kappa shape index (κ3) is 4.50. The van der Waals surface area contributed by atoms with Crippen molar-refractivity contribution in [1.82, 2.24) is 29.1 Å². The van der Waals surface area contributed by atoms with E-state index in [1.54, 1.807) is 0 Å². The molecule has 0 N–H and O–H groups in total. The van der Waals surface area contributed by atoms with Gasteiger partial charge in [-0.25, -0.2) is 15.0 Å². The van der Waals surface area contributed by atoms with Crippen molar-refractivity contribution in [2.75, 3.05) is 0 Å². The van der Waals surface area contributed by atoms with Crippen LogP contribution in [0.4, 0.5) is 0 Å². The molecule has 0 saturated heterocycles. The molecule has 0 aliphatic heterocycles. The molecule has 10 rings (SSSR count). The lowest BCUT2D eigenvalue weighted by Gasteiger charge is -2.10. The predicted octanol–water partition coefficient (Wildman–Crippen LogP) is 10.5. The number of hydrogen-bond donors (Lipinski definition) is 0. The second-order valence-corrected chi connectivity index (χ2v) is 12.4. The standard InChI is InChI=1S/C44H28N6/c1-3-12-29(13-4-1)42-46-43(30-14-5-2-6-15-30)48-44(47-42)31-21-23-40-36(26-31)37-27-32(22-24-41(37)50(40)33-16-11-25-45-28-33)49-38-19-9-7-17-34(38)35-18-8-10-20-39(35)49/h1-28H. The summed E-state index contributed by atoms with van der Waals surface area (Å²) in [7, 11) is 0. The van der Waals surface area contributed by atoms with E-state index in [0.717, 1.165) is 49.9 Å². The van der Waals surface area contributed by atoms with Gasteiger partial charge in [-0.2, -0.15) is 0 Å². The number of pyridine rings is 1. The van der Waals surface area contributed by atoms with Crippen LogP contribution < -0.4 is 0 Å². The van der Waals surface area contributed by atoms with Crippen LogP contribution in [0.1, 0.15) is 0 Å². The molecule has 0 fully saturated rings. The molecule has 0 bridgehead atoms. The molecular formula is C44H28N6. The van der Waals surface area contributed by atoms with E-state index in [1.165, 1.54) is 21.8 Å². The minimum Gasteiger partial charge on any atom is -0.309 e. The molecule has 0 atom stereocenters. The van der Waals surface area contributed by atoms with Gasteiger partial charge < -0.3 is 9.13 Å². The lowest BCUT2D eigenvalue weighted by Crippen LogP contribution is -2.00. The molecule has 0 saturated carbocycles. The van der Waals surface area contributed by atoms with Crippen molar-refractivity contribution in [1.29, 1.82) is 0 Å². The summed E-state index contributed by atoms with van der Waals surface area (Å²) in [6, 6.07) is 54.8. The third-order valence-corrected chi connectivity index (χ3v) is 9.45. The van der Waals surface area contributed by atoms with Crippen LogP contribution in [-0.4, -0.2) is 29.1 Å². The minimum atomic E-state index is 0.625. The monoisotopic (exact) mass is 640 g/mol. The van der Waals surface area contributed by atoms with E-state index in [4.69, 9.17) is 15.0 Å². The summed E-state index contributed by atoms with van der Waals surface area (Å²) in [6.45, 7) is 0. The molecule has 10 aromatic rings. The summed E-state index contributed by atoms with van der Waals surface area (Å²) in [6.07, 6.45) is 3.73. The van der Waals surface area contributed by atoms with Gasteiger partial charge in [-0.05, 0) is 60.7 Å². The Hall–Kier alpha value is -6.92. The Bertz CT molecular complexity index is 2740. The number of hydrogen-bond acceptors (Lipinski definition) is 4. The molecule has 6 aromatic carbocycles. The van der Waals surface area contributed by atoms with Crippen LogP contribution in [0.2, 0.25) is 0 Å². The van der Waals surface area contributed by atoms with E-state index >= 15 is 0 Å². The van der Waals surface area contributed by atoms with E-state index in [9.17, 15) is 0 Å². The molecule has 0 aliphatic carbocycles. The first-order chi connectivity index (χ1) is 24.8. The molecule has 50 heavy (non-hydrogen) atoms. The van der Waals surface area contributed by atoms with Gasteiger partial charge in [0.1, 0.15) is 0 Å². The zero-order valence-corrected chi connectivity index (χ0v) is 26.8. The molecule has 6 nitrogen and oxygen atoms in total. The summed E-state index contributed by atoms with van der Waals surface area (Å²) in [5.41, 5.74) is 9.44. The Labute approximate surface area is 287 Å². The van der Waals surface area contributed by atoms with Gasteiger partial charge in [0, 0.05) is 50.1 Å². The Morgan fingerprint density at radius 2 is 0.840 bits per heavy atom. The number of nitrogens with zero attached hydrogens (tertiary/aromatic N) is 6. The van der Waals surface area contributed by atoms with Gasteiger partial charge in [0.15, 0.2) is 17.5 Å². The molecule has 234 valence electrons. The van der Waals surface area contributed by atoms with E-state index in [1.807, 2.05) is 79.1 Å². The van der Waals surface area contributed by atoms with Crippen LogP contribution in [0.25, 0.3) is 89.2 Å². The fourth-order valence-electron chi connectivity index (χ4n) is 7.19. The normalized spacial score (nSPS) is 11.6. The van der Waals surface area contributed by atoms with Crippen LogP contribution in [0.5, 0.6) is 0 Å². The Morgan fingerprint density at radius 1 is 0.340 bits per heavy atom. The van der Waals surface area contributed by atoms with Crippen molar-refractivity contribution < 1.29 is 0 Å². The predicted molar refractivity (Wildman–Crippen MR) is 203 cm³/mol. The summed E-state index contributed by atoms with van der Waals surface area (Å²) < 4.78 is 4.65. The first-order valence-electron chi connectivity index (χ1n) is 16.6. The molecule has 0 amide bonds. The SMILES string of the molecule is c1ccc(-c2nc(-c3ccccc3)nc(-c3ccc4c(c3)c3cc(-n5c6ccccc6c6ccccc65)ccc3n4-c3cccnc3)n2)cc1. The summed E-state index contributed by atoms with van der Waals surface area (Å²) in [4.78, 5) is 19.4. The lowest BCUT2D eigenvalue weighted by molar-refractivity contribution is 1.07. The smallest absolute Gasteiger partial charge is 0.164 e. The van der Waals surface area contributed by atoms with Crippen LogP contribution in [-0.2, 0) is 0 Å². The maximum absolute atomic E-state index is 5.03. The molecule has 6 heteroatoms. The van der Waals surface area contributed by atoms with Crippen molar-refractivity contribution in [2.24, 2.45) is 0 Å². The average Bonchev–Trinajstić information content (AvgIpc) is 3.71. The number of rotatable bonds is 5. The summed E-state index contributed by atoms with van der Waals surface area (Å²) in [5.74, 6) is 1.91. The number of para-hydroxylation sites is 2. The third-order valence-electron chi connectivity index (χ3n) is 9.45. The first-order valence-corrected chi connectivity index (χ1v) is 16.6. The quantitative estimate of drug-likeness (QED) is 0.188. The number of benzene rings is 6. The maximum atomic E-state index is 5.03. The Kier molecular flexibility index (Phi) is 6.39. The summed E-state index contributed by atoms with van der Waals surface area (Å²) in [5, 5.41) is 4.71. The van der Waals surface area contributed by atoms with E-state index in [0.29, 0.717) is 17.5 Å². The second-order valence-electron chi connectivity index (χ2n) is 12.4. The highest BCUT2D eigenvalue weighted by Crippen LogP contribution is 2.38. The van der Waals surface area contributed by atoms with Gasteiger partial charge in [0.05, 0.1) is 34.0 Å². The van der Waals surface area contributed by atoms with Gasteiger partial charge in [0.25, 0.3) is 0 Å². The zero-order chi connectivity index (χ0) is 33.0. The average molecular weight is 641 g/mol. The Morgan fingerprint density at radius 3 is 1.44 bits per heavy atom. The van der Waals surface area contributed by atoms with Crippen LogP contribution >= 0.6 is 0 Å². The van der Waals surface area contributed by atoms with E-state index < -0.39 is 0 Å². The number of aromatic nitrogens is 6. The van der Waals surface area contributed by atoms with Gasteiger partial charge >= 0.3 is 0 Å². The molecule has 4 heterocycles. The van der Waals surface area contributed by atoms with Crippen molar-refractivity contribution in [2.45, 2.75) is 0 Å². The molecule has 0 unspecified atom stereocenters. The maximum Gasteiger partial charge on any atom is 0.164 e. The minimum absolute atomic E-state index is 0.625. The van der Waals surface area contributed by atoms with Gasteiger partial charge in [0.2, 0.25) is 0 Å². The summed E-state index contributed by atoms with van der Waals surface area (Å²) >= 11 is 0. The highest BCUT2D eigenvalue weighted by molar-refractivity contribution is 6.12. The first kappa shape index (κ1) is 28.1. The fraction of sp³-hybridized carbons (Fsp3) is 0. The van der Waals surface area contributed by atoms with Gasteiger partial charge in [-0.1, -0.05) is 97.1 Å². The fourth-order valence-corrected chi connectivity index (χ4v) is 7.19. The zero-order valence-electron chi connectivity index (χ0n) is 26.8. The highest BCUT2D eigenvalue weighted by Gasteiger charge is 2.19. The topological polar surface area (TPSA) is 61.4 Å². The van der Waals surface area contributed by atoms with Crippen LogP contribution in [0.3, 0.4) is 0 Å². The lowest BCUT2D eigenvalue weighted by atomic mass is 10.1. The van der Waals surface area contributed by atoms with Crippen molar-refractivity contribution in [3.05, 3.63) is 170 Å². The second kappa shape index (κ2) is 11.4. The molecule has 0 aliphatic rings. The number of fused-ring (bicyclic) bond motifs is 6. The Balaban J connectivity index is 1.24. The van der Waals surface area contributed by atoms with Crippen molar-refractivity contribution >= 4 is 43.6 Å². The van der Waals surface area contributed by atoms with Crippen molar-refractivity contribution in [3.8, 4) is 45.5 Å². The van der Waals surface area contributed by atoms with Crippen LogP contribution in [0.15, 0.2) is 170 Å². The molecule has 0 spiro atoms. The largest absolute Gasteiger partial charge is 0.309 e. The van der Waals surface area contributed by atoms with Crippen LogP contribution in [0, 0.1) is 0 Å². The van der Waals surface area contributed by atoms with Crippen molar-refractivity contribution in [3.63, 3.8) is 0 Å².